The van der Waals surface area contributed by atoms with Gasteiger partial charge in [0.15, 0.2) is 14.2 Å². The lowest BCUT2D eigenvalue weighted by Crippen LogP contribution is -2.42. The maximum atomic E-state index is 12.8. The minimum atomic E-state index is -3.02. The zero-order valence-electron chi connectivity index (χ0n) is 16.6. The number of nitrogens with zero attached hydrogens (tertiary/aromatic N) is 3. The Morgan fingerprint density at radius 2 is 2.21 bits per heavy atom. The molecular weight excluding hydrogens is 428 g/mol. The maximum Gasteiger partial charge on any atom is 0.233 e. The lowest BCUT2D eigenvalue weighted by atomic mass is 10.2. The molecule has 1 fully saturated rings. The topological polar surface area (TPSA) is 92.3 Å². The van der Waals surface area contributed by atoms with Gasteiger partial charge in [-0.1, -0.05) is 48.6 Å². The van der Waals surface area contributed by atoms with Crippen molar-refractivity contribution in [3.05, 3.63) is 29.8 Å². The normalized spacial score (nSPS) is 17.9. The number of hydrogen-bond acceptors (Lipinski definition) is 8. The van der Waals surface area contributed by atoms with Crippen molar-refractivity contribution in [1.29, 1.82) is 0 Å². The SMILES string of the molecule is CCCCN(C(=O)CSc1nnc(Nc2cccc(C)c2)s1)C1CCS(=O)(=O)C1. The van der Waals surface area contributed by atoms with Crippen LogP contribution >= 0.6 is 23.1 Å². The molecule has 10 heteroatoms. The maximum absolute atomic E-state index is 12.8. The fourth-order valence-electron chi connectivity index (χ4n) is 3.23. The van der Waals surface area contributed by atoms with Crippen LogP contribution < -0.4 is 5.32 Å². The molecule has 158 valence electrons. The average Bonchev–Trinajstić information content (AvgIpc) is 3.26. The minimum absolute atomic E-state index is 0.0334. The molecule has 0 bridgehead atoms. The van der Waals surface area contributed by atoms with Crippen molar-refractivity contribution in [3.63, 3.8) is 0 Å². The van der Waals surface area contributed by atoms with Gasteiger partial charge < -0.3 is 10.2 Å². The van der Waals surface area contributed by atoms with Crippen molar-refractivity contribution in [2.24, 2.45) is 0 Å². The van der Waals surface area contributed by atoms with Crippen molar-refractivity contribution in [1.82, 2.24) is 15.1 Å². The number of amides is 1. The molecule has 1 atom stereocenters. The first-order valence-electron chi connectivity index (χ1n) is 9.66. The quantitative estimate of drug-likeness (QED) is 0.580. The van der Waals surface area contributed by atoms with Crippen molar-refractivity contribution in [2.75, 3.05) is 29.1 Å². The number of thioether (sulfide) groups is 1. The molecule has 1 aliphatic rings. The molecule has 0 spiro atoms. The van der Waals surface area contributed by atoms with Crippen molar-refractivity contribution < 1.29 is 13.2 Å². The fraction of sp³-hybridized carbons (Fsp3) is 0.526. The zero-order valence-corrected chi connectivity index (χ0v) is 19.1. The van der Waals surface area contributed by atoms with Gasteiger partial charge in [-0.05, 0) is 37.5 Å². The van der Waals surface area contributed by atoms with Crippen LogP contribution in [0.2, 0.25) is 0 Å². The molecule has 1 unspecified atom stereocenters. The number of hydrogen-bond donors (Lipinski definition) is 1. The van der Waals surface area contributed by atoms with Crippen LogP contribution in [0.3, 0.4) is 0 Å². The lowest BCUT2D eigenvalue weighted by Gasteiger charge is -2.28. The lowest BCUT2D eigenvalue weighted by molar-refractivity contribution is -0.130. The predicted octanol–water partition coefficient (Wildman–Crippen LogP) is 3.50. The summed E-state index contributed by atoms with van der Waals surface area (Å²) in [6.07, 6.45) is 2.36. The summed E-state index contributed by atoms with van der Waals surface area (Å²) < 4.78 is 24.4. The van der Waals surface area contributed by atoms with Gasteiger partial charge in [0.1, 0.15) is 0 Å². The Kier molecular flexibility index (Phi) is 7.53. The van der Waals surface area contributed by atoms with Gasteiger partial charge in [0, 0.05) is 18.3 Å². The molecule has 0 radical (unpaired) electrons. The highest BCUT2D eigenvalue weighted by atomic mass is 32.2. The number of aromatic nitrogens is 2. The number of anilines is 2. The third-order valence-corrected chi connectivity index (χ3v) is 8.42. The molecule has 3 rings (SSSR count). The van der Waals surface area contributed by atoms with Gasteiger partial charge in [-0.15, -0.1) is 10.2 Å². The molecule has 2 heterocycles. The van der Waals surface area contributed by atoms with E-state index in [0.717, 1.165) is 24.1 Å². The Morgan fingerprint density at radius 3 is 2.90 bits per heavy atom. The number of unbranched alkanes of at least 4 members (excludes halogenated alkanes) is 1. The van der Waals surface area contributed by atoms with Crippen LogP contribution in [0.1, 0.15) is 31.7 Å². The first-order chi connectivity index (χ1) is 13.9. The number of sulfone groups is 1. The molecule has 7 nitrogen and oxygen atoms in total. The van der Waals surface area contributed by atoms with E-state index in [-0.39, 0.29) is 29.2 Å². The molecule has 1 saturated heterocycles. The van der Waals surface area contributed by atoms with E-state index in [1.165, 1.54) is 23.1 Å². The molecule has 1 amide bonds. The van der Waals surface area contributed by atoms with E-state index in [0.29, 0.717) is 22.4 Å². The van der Waals surface area contributed by atoms with Crippen LogP contribution in [-0.4, -0.2) is 59.3 Å². The van der Waals surface area contributed by atoms with Crippen LogP contribution in [0.4, 0.5) is 10.8 Å². The Labute approximate surface area is 180 Å². The third kappa shape index (κ3) is 6.42. The van der Waals surface area contributed by atoms with Gasteiger partial charge in [0.2, 0.25) is 11.0 Å². The number of aryl methyl sites for hydroxylation is 1. The van der Waals surface area contributed by atoms with E-state index < -0.39 is 9.84 Å². The highest BCUT2D eigenvalue weighted by Crippen LogP contribution is 2.29. The summed E-state index contributed by atoms with van der Waals surface area (Å²) in [6.45, 7) is 4.69. The predicted molar refractivity (Wildman–Crippen MR) is 119 cm³/mol. The molecule has 1 aromatic carbocycles. The standard InChI is InChI=1S/C19H26N4O3S3/c1-3-4-9-23(16-8-10-29(25,26)13-16)17(24)12-27-19-22-21-18(28-19)20-15-7-5-6-14(2)11-15/h5-7,11,16H,3-4,8-10,12-13H2,1-2H3,(H,20,21). The number of benzene rings is 1. The second kappa shape index (κ2) is 9.90. The Hall–Kier alpha value is -1.65. The van der Waals surface area contributed by atoms with Crippen LogP contribution in [-0.2, 0) is 14.6 Å². The summed E-state index contributed by atoms with van der Waals surface area (Å²) in [4.78, 5) is 14.6. The van der Waals surface area contributed by atoms with Crippen LogP contribution in [0.15, 0.2) is 28.6 Å². The number of carbonyl (C=O) groups excluding carboxylic acids is 1. The first kappa shape index (κ1) is 22.0. The highest BCUT2D eigenvalue weighted by molar-refractivity contribution is 8.01. The Bertz CT molecular complexity index is 946. The van der Waals surface area contributed by atoms with E-state index in [4.69, 9.17) is 0 Å². The third-order valence-electron chi connectivity index (χ3n) is 4.72. The van der Waals surface area contributed by atoms with Crippen molar-refractivity contribution in [2.45, 2.75) is 43.5 Å². The zero-order chi connectivity index (χ0) is 20.9. The second-order valence-corrected chi connectivity index (χ2v) is 11.6. The molecule has 2 aromatic rings. The smallest absolute Gasteiger partial charge is 0.233 e. The van der Waals surface area contributed by atoms with Crippen LogP contribution in [0.25, 0.3) is 0 Å². The van der Waals surface area contributed by atoms with Gasteiger partial charge in [-0.2, -0.15) is 0 Å². The molecule has 1 aromatic heterocycles. The van der Waals surface area contributed by atoms with Crippen molar-refractivity contribution >= 4 is 49.7 Å². The molecule has 29 heavy (non-hydrogen) atoms. The Morgan fingerprint density at radius 1 is 1.38 bits per heavy atom. The van der Waals surface area contributed by atoms with Crippen LogP contribution in [0.5, 0.6) is 0 Å². The van der Waals surface area contributed by atoms with Gasteiger partial charge >= 0.3 is 0 Å². The van der Waals surface area contributed by atoms with E-state index in [1.807, 2.05) is 31.2 Å². The monoisotopic (exact) mass is 454 g/mol. The van der Waals surface area contributed by atoms with E-state index in [1.54, 1.807) is 4.90 Å². The fourth-order valence-corrected chi connectivity index (χ4v) is 6.62. The summed E-state index contributed by atoms with van der Waals surface area (Å²) in [5.41, 5.74) is 2.10. The summed E-state index contributed by atoms with van der Waals surface area (Å²) in [5, 5.41) is 12.2. The van der Waals surface area contributed by atoms with Gasteiger partial charge in [-0.25, -0.2) is 8.42 Å². The molecule has 1 N–H and O–H groups in total. The summed E-state index contributed by atoms with van der Waals surface area (Å²) >= 11 is 2.75. The van der Waals surface area contributed by atoms with E-state index in [9.17, 15) is 13.2 Å². The number of nitrogens with one attached hydrogen (secondary N) is 1. The minimum Gasteiger partial charge on any atom is -0.338 e. The van der Waals surface area contributed by atoms with E-state index >= 15 is 0 Å². The number of carbonyl (C=O) groups is 1. The first-order valence-corrected chi connectivity index (χ1v) is 13.3. The number of rotatable bonds is 9. The largest absolute Gasteiger partial charge is 0.338 e. The second-order valence-electron chi connectivity index (χ2n) is 7.15. The van der Waals surface area contributed by atoms with Gasteiger partial charge in [-0.3, -0.25) is 4.79 Å². The van der Waals surface area contributed by atoms with Crippen molar-refractivity contribution in [3.8, 4) is 0 Å². The van der Waals surface area contributed by atoms with Crippen LogP contribution in [0, 0.1) is 6.92 Å². The molecular formula is C19H26N4O3S3. The summed E-state index contributed by atoms with van der Waals surface area (Å²) in [5.74, 6) is 0.454. The van der Waals surface area contributed by atoms with Gasteiger partial charge in [0.25, 0.3) is 0 Å². The summed E-state index contributed by atoms with van der Waals surface area (Å²) in [7, 11) is -3.02. The van der Waals surface area contributed by atoms with Gasteiger partial charge in [0.05, 0.1) is 17.3 Å². The average molecular weight is 455 g/mol. The highest BCUT2D eigenvalue weighted by Gasteiger charge is 2.34. The summed E-state index contributed by atoms with van der Waals surface area (Å²) in [6, 6.07) is 7.79. The Balaban J connectivity index is 1.57. The molecule has 0 aliphatic carbocycles. The van der Waals surface area contributed by atoms with E-state index in [2.05, 4.69) is 22.4 Å². The molecule has 1 aliphatic heterocycles. The molecule has 0 saturated carbocycles.